The summed E-state index contributed by atoms with van der Waals surface area (Å²) in [5.74, 6) is -0.395. The molecule has 0 heterocycles. The van der Waals surface area contributed by atoms with Crippen LogP contribution in [0.15, 0.2) is 24.3 Å². The maximum absolute atomic E-state index is 10.9. The SMILES string of the molecule is CC(NC(C)c1ccc(NC(N)=O)cc1)C(N)=O. The summed E-state index contributed by atoms with van der Waals surface area (Å²) in [7, 11) is 0. The van der Waals surface area contributed by atoms with E-state index < -0.39 is 18.0 Å². The molecule has 0 bridgehead atoms. The van der Waals surface area contributed by atoms with Crippen LogP contribution in [0.1, 0.15) is 25.5 Å². The van der Waals surface area contributed by atoms with Gasteiger partial charge >= 0.3 is 6.03 Å². The fourth-order valence-corrected chi connectivity index (χ4v) is 1.55. The molecule has 2 atom stereocenters. The van der Waals surface area contributed by atoms with Crippen molar-refractivity contribution in [2.45, 2.75) is 25.9 Å². The first kappa shape index (κ1) is 14.0. The lowest BCUT2D eigenvalue weighted by molar-refractivity contribution is -0.119. The summed E-state index contributed by atoms with van der Waals surface area (Å²) < 4.78 is 0. The third-order valence-electron chi connectivity index (χ3n) is 2.60. The highest BCUT2D eigenvalue weighted by atomic mass is 16.2. The van der Waals surface area contributed by atoms with Crippen LogP contribution in [-0.2, 0) is 4.79 Å². The van der Waals surface area contributed by atoms with E-state index in [0.29, 0.717) is 5.69 Å². The maximum Gasteiger partial charge on any atom is 0.316 e. The van der Waals surface area contributed by atoms with Gasteiger partial charge in [-0.1, -0.05) is 12.1 Å². The number of primary amides is 2. The van der Waals surface area contributed by atoms with Gasteiger partial charge in [0.25, 0.3) is 0 Å². The molecule has 6 N–H and O–H groups in total. The number of nitrogens with one attached hydrogen (secondary N) is 2. The van der Waals surface area contributed by atoms with Crippen LogP contribution in [-0.4, -0.2) is 18.0 Å². The van der Waals surface area contributed by atoms with Crippen molar-refractivity contribution < 1.29 is 9.59 Å². The Morgan fingerprint density at radius 2 is 1.67 bits per heavy atom. The molecule has 0 aliphatic rings. The quantitative estimate of drug-likeness (QED) is 0.617. The fraction of sp³-hybridized carbons (Fsp3) is 0.333. The molecule has 98 valence electrons. The monoisotopic (exact) mass is 250 g/mol. The van der Waals surface area contributed by atoms with Crippen molar-refractivity contribution in [2.24, 2.45) is 11.5 Å². The summed E-state index contributed by atoms with van der Waals surface area (Å²) in [6.45, 7) is 3.64. The Bertz CT molecular complexity index is 430. The van der Waals surface area contributed by atoms with Gasteiger partial charge in [-0.25, -0.2) is 4.79 Å². The summed E-state index contributed by atoms with van der Waals surface area (Å²) in [5.41, 5.74) is 11.8. The number of nitrogens with two attached hydrogens (primary N) is 2. The van der Waals surface area contributed by atoms with Crippen LogP contribution < -0.4 is 22.1 Å². The number of rotatable bonds is 5. The molecule has 1 rings (SSSR count). The van der Waals surface area contributed by atoms with Crippen LogP contribution in [0.25, 0.3) is 0 Å². The number of hydrogen-bond acceptors (Lipinski definition) is 3. The Hall–Kier alpha value is -2.08. The number of benzene rings is 1. The smallest absolute Gasteiger partial charge is 0.316 e. The minimum absolute atomic E-state index is 0.0184. The molecule has 0 saturated carbocycles. The summed E-state index contributed by atoms with van der Waals surface area (Å²) in [6, 6.07) is 6.16. The Morgan fingerprint density at radius 3 is 2.11 bits per heavy atom. The lowest BCUT2D eigenvalue weighted by Crippen LogP contribution is -2.39. The molecule has 1 aromatic rings. The first-order chi connectivity index (χ1) is 8.40. The molecule has 0 aliphatic carbocycles. The van der Waals surface area contributed by atoms with Crippen molar-refractivity contribution in [3.63, 3.8) is 0 Å². The van der Waals surface area contributed by atoms with Crippen LogP contribution in [0.2, 0.25) is 0 Å². The molecule has 1 aromatic carbocycles. The Balaban J connectivity index is 2.66. The zero-order valence-corrected chi connectivity index (χ0v) is 10.4. The standard InChI is InChI=1S/C12H18N4O2/c1-7(15-8(2)11(13)17)9-3-5-10(6-4-9)16-12(14)18/h3-8,15H,1-2H3,(H2,13,17)(H3,14,16,18). The van der Waals surface area contributed by atoms with Gasteiger partial charge < -0.3 is 16.8 Å². The largest absolute Gasteiger partial charge is 0.368 e. The number of amides is 3. The first-order valence-corrected chi connectivity index (χ1v) is 5.62. The maximum atomic E-state index is 10.9. The lowest BCUT2D eigenvalue weighted by atomic mass is 10.1. The first-order valence-electron chi connectivity index (χ1n) is 5.62. The van der Waals surface area contributed by atoms with Gasteiger partial charge in [0, 0.05) is 11.7 Å². The number of carbonyl (C=O) groups excluding carboxylic acids is 2. The molecule has 18 heavy (non-hydrogen) atoms. The minimum Gasteiger partial charge on any atom is -0.368 e. The topological polar surface area (TPSA) is 110 Å². The van der Waals surface area contributed by atoms with Crippen LogP contribution in [0.5, 0.6) is 0 Å². The van der Waals surface area contributed by atoms with Gasteiger partial charge in [0.1, 0.15) is 0 Å². The molecular formula is C12H18N4O2. The average molecular weight is 250 g/mol. The predicted molar refractivity (Wildman–Crippen MR) is 69.9 cm³/mol. The van der Waals surface area contributed by atoms with Crippen molar-refractivity contribution >= 4 is 17.6 Å². The highest BCUT2D eigenvalue weighted by Gasteiger charge is 2.13. The van der Waals surface area contributed by atoms with E-state index in [9.17, 15) is 9.59 Å². The number of anilines is 1. The van der Waals surface area contributed by atoms with Crippen molar-refractivity contribution in [1.29, 1.82) is 0 Å². The normalized spacial score (nSPS) is 13.7. The van der Waals surface area contributed by atoms with Gasteiger partial charge in [0.05, 0.1) is 6.04 Å². The van der Waals surface area contributed by atoms with E-state index in [1.165, 1.54) is 0 Å². The second-order valence-electron chi connectivity index (χ2n) is 4.12. The molecule has 2 unspecified atom stereocenters. The molecule has 3 amide bonds. The second-order valence-corrected chi connectivity index (χ2v) is 4.12. The van der Waals surface area contributed by atoms with Crippen LogP contribution in [0.3, 0.4) is 0 Å². The Kier molecular flexibility index (Phi) is 4.67. The summed E-state index contributed by atoms with van der Waals surface area (Å²) >= 11 is 0. The minimum atomic E-state index is -0.601. The van der Waals surface area contributed by atoms with Crippen molar-refractivity contribution in [2.75, 3.05) is 5.32 Å². The number of hydrogen-bond donors (Lipinski definition) is 4. The third kappa shape index (κ3) is 4.06. The molecule has 0 saturated heterocycles. The van der Waals surface area contributed by atoms with Gasteiger partial charge in [0.15, 0.2) is 0 Å². The molecule has 6 nitrogen and oxygen atoms in total. The van der Waals surface area contributed by atoms with E-state index in [2.05, 4.69) is 10.6 Å². The predicted octanol–water partition coefficient (Wildman–Crippen LogP) is 0.702. The van der Waals surface area contributed by atoms with Gasteiger partial charge in [-0.2, -0.15) is 0 Å². The second kappa shape index (κ2) is 6.02. The van der Waals surface area contributed by atoms with Crippen molar-refractivity contribution in [3.8, 4) is 0 Å². The molecule has 0 spiro atoms. The van der Waals surface area contributed by atoms with E-state index in [1.807, 2.05) is 19.1 Å². The zero-order valence-electron chi connectivity index (χ0n) is 10.4. The van der Waals surface area contributed by atoms with E-state index in [0.717, 1.165) is 5.56 Å². The van der Waals surface area contributed by atoms with E-state index in [-0.39, 0.29) is 6.04 Å². The number of urea groups is 1. The van der Waals surface area contributed by atoms with Crippen LogP contribution in [0, 0.1) is 0 Å². The van der Waals surface area contributed by atoms with E-state index in [1.54, 1.807) is 19.1 Å². The van der Waals surface area contributed by atoms with Crippen molar-refractivity contribution in [3.05, 3.63) is 29.8 Å². The van der Waals surface area contributed by atoms with Gasteiger partial charge in [-0.05, 0) is 31.5 Å². The molecule has 0 radical (unpaired) electrons. The van der Waals surface area contributed by atoms with Gasteiger partial charge in [0.2, 0.25) is 5.91 Å². The fourth-order valence-electron chi connectivity index (χ4n) is 1.55. The Morgan fingerprint density at radius 1 is 1.11 bits per heavy atom. The molecule has 0 aliphatic heterocycles. The summed E-state index contributed by atoms with van der Waals surface area (Å²) in [4.78, 5) is 21.6. The van der Waals surface area contributed by atoms with E-state index >= 15 is 0 Å². The number of carbonyl (C=O) groups is 2. The van der Waals surface area contributed by atoms with Crippen molar-refractivity contribution in [1.82, 2.24) is 5.32 Å². The van der Waals surface area contributed by atoms with Crippen LogP contribution in [0.4, 0.5) is 10.5 Å². The molecule has 0 aromatic heterocycles. The zero-order chi connectivity index (χ0) is 13.7. The van der Waals surface area contributed by atoms with E-state index in [4.69, 9.17) is 11.5 Å². The average Bonchev–Trinajstić information content (AvgIpc) is 2.28. The Labute approximate surface area is 106 Å². The highest BCUT2D eigenvalue weighted by Crippen LogP contribution is 2.16. The van der Waals surface area contributed by atoms with Gasteiger partial charge in [-0.3, -0.25) is 10.1 Å². The third-order valence-corrected chi connectivity index (χ3v) is 2.60. The summed E-state index contributed by atoms with van der Waals surface area (Å²) in [6.07, 6.45) is 0. The molecular weight excluding hydrogens is 232 g/mol. The van der Waals surface area contributed by atoms with Gasteiger partial charge in [-0.15, -0.1) is 0 Å². The lowest BCUT2D eigenvalue weighted by Gasteiger charge is -2.18. The molecule has 0 fully saturated rings. The van der Waals surface area contributed by atoms with Crippen LogP contribution >= 0.6 is 0 Å². The summed E-state index contributed by atoms with van der Waals surface area (Å²) in [5, 5.41) is 5.54. The highest BCUT2D eigenvalue weighted by molar-refractivity contribution is 5.87. The molecule has 6 heteroatoms.